The number of nitrogens with one attached hydrogen (secondary N) is 2. The number of benzene rings is 3. The van der Waals surface area contributed by atoms with Gasteiger partial charge in [-0.2, -0.15) is 13.2 Å². The number of carbonyl (C=O) groups is 1. The summed E-state index contributed by atoms with van der Waals surface area (Å²) in [5.41, 5.74) is 4.32. The lowest BCUT2D eigenvalue weighted by Gasteiger charge is -2.33. The number of hydrogen-bond donors (Lipinski definition) is 2. The van der Waals surface area contributed by atoms with Crippen LogP contribution in [0.4, 0.5) is 18.9 Å². The van der Waals surface area contributed by atoms with Crippen molar-refractivity contribution < 1.29 is 18.0 Å². The number of alkyl halides is 3. The van der Waals surface area contributed by atoms with Gasteiger partial charge in [-0.1, -0.05) is 42.5 Å². The zero-order valence-corrected chi connectivity index (χ0v) is 19.8. The number of aromatic amines is 1. The minimum atomic E-state index is -4.54. The maximum atomic E-state index is 13.4. The Hall–Kier alpha value is -3.84. The third-order valence-corrected chi connectivity index (χ3v) is 6.80. The van der Waals surface area contributed by atoms with E-state index in [1.165, 1.54) is 11.6 Å². The molecule has 1 aromatic heterocycles. The fraction of sp³-hybridized carbons (Fsp3) is 0.207. The molecule has 4 nitrogen and oxygen atoms in total. The molecule has 0 saturated carbocycles. The Morgan fingerprint density at radius 3 is 2.50 bits per heavy atom. The highest BCUT2D eigenvalue weighted by molar-refractivity contribution is 6.09. The van der Waals surface area contributed by atoms with Crippen LogP contribution in [-0.2, 0) is 19.1 Å². The Kier molecular flexibility index (Phi) is 6.41. The Labute approximate surface area is 207 Å². The number of anilines is 1. The Bertz CT molecular complexity index is 1360. The van der Waals surface area contributed by atoms with E-state index in [1.54, 1.807) is 24.3 Å². The van der Waals surface area contributed by atoms with Crippen LogP contribution in [-0.4, -0.2) is 22.3 Å². The molecule has 0 saturated heterocycles. The maximum absolute atomic E-state index is 13.4. The molecular weight excluding hydrogens is 463 g/mol. The molecule has 184 valence electrons. The van der Waals surface area contributed by atoms with Crippen molar-refractivity contribution in [1.29, 1.82) is 0 Å². The summed E-state index contributed by atoms with van der Waals surface area (Å²) in [6.45, 7) is 3.83. The van der Waals surface area contributed by atoms with Gasteiger partial charge < -0.3 is 10.3 Å². The molecule has 0 radical (unpaired) electrons. The van der Waals surface area contributed by atoms with Crippen LogP contribution in [0.2, 0.25) is 0 Å². The van der Waals surface area contributed by atoms with Gasteiger partial charge in [-0.3, -0.25) is 9.69 Å². The van der Waals surface area contributed by atoms with Gasteiger partial charge in [-0.15, -0.1) is 0 Å². The van der Waals surface area contributed by atoms with Crippen LogP contribution in [0.15, 0.2) is 85.1 Å². The van der Waals surface area contributed by atoms with Crippen molar-refractivity contribution in [2.24, 2.45) is 0 Å². The van der Waals surface area contributed by atoms with Gasteiger partial charge in [0, 0.05) is 42.3 Å². The Morgan fingerprint density at radius 1 is 0.972 bits per heavy atom. The van der Waals surface area contributed by atoms with Gasteiger partial charge in [0.05, 0.1) is 5.56 Å². The number of rotatable bonds is 5. The SMILES string of the molecule is CC(c1ccc[nH]1)N1CCc2cc(NC(=O)c3cc(C(F)(F)F)ccc3-c3ccccc3)ccc2C1. The first-order valence-corrected chi connectivity index (χ1v) is 11.9. The van der Waals surface area contributed by atoms with Crippen molar-refractivity contribution >= 4 is 11.6 Å². The van der Waals surface area contributed by atoms with Gasteiger partial charge in [0.1, 0.15) is 0 Å². The lowest BCUT2D eigenvalue weighted by molar-refractivity contribution is -0.137. The van der Waals surface area contributed by atoms with Crippen molar-refractivity contribution in [3.8, 4) is 11.1 Å². The number of carbonyl (C=O) groups excluding carboxylic acids is 1. The van der Waals surface area contributed by atoms with Crippen LogP contribution in [0.5, 0.6) is 0 Å². The Morgan fingerprint density at radius 2 is 1.78 bits per heavy atom. The summed E-state index contributed by atoms with van der Waals surface area (Å²) >= 11 is 0. The summed E-state index contributed by atoms with van der Waals surface area (Å²) < 4.78 is 40.3. The van der Waals surface area contributed by atoms with Crippen LogP contribution in [0.1, 0.15) is 45.7 Å². The smallest absolute Gasteiger partial charge is 0.364 e. The minimum Gasteiger partial charge on any atom is -0.364 e. The molecule has 1 amide bonds. The standard InChI is InChI=1S/C29H26F3N3O/c1-19(27-8-5-14-33-27)35-15-13-21-16-24(11-9-22(21)18-35)34-28(36)26-17-23(29(30,31)32)10-12-25(26)20-6-3-2-4-7-20/h2-12,14,16-17,19,33H,13,15,18H2,1H3,(H,34,36). The number of fused-ring (bicyclic) bond motifs is 1. The molecule has 1 aliphatic heterocycles. The molecule has 3 aromatic carbocycles. The molecule has 0 fully saturated rings. The highest BCUT2D eigenvalue weighted by Gasteiger charge is 2.32. The third kappa shape index (κ3) is 4.93. The summed E-state index contributed by atoms with van der Waals surface area (Å²) in [4.78, 5) is 18.9. The molecule has 36 heavy (non-hydrogen) atoms. The quantitative estimate of drug-likeness (QED) is 0.315. The minimum absolute atomic E-state index is 0.0142. The van der Waals surface area contributed by atoms with Gasteiger partial charge in [-0.25, -0.2) is 0 Å². The zero-order valence-electron chi connectivity index (χ0n) is 19.8. The zero-order chi connectivity index (χ0) is 25.3. The van der Waals surface area contributed by atoms with Crippen LogP contribution in [0.3, 0.4) is 0 Å². The number of nitrogens with zero attached hydrogens (tertiary/aromatic N) is 1. The van der Waals surface area contributed by atoms with E-state index in [2.05, 4.69) is 28.2 Å². The highest BCUT2D eigenvalue weighted by Crippen LogP contribution is 2.34. The molecule has 1 unspecified atom stereocenters. The monoisotopic (exact) mass is 489 g/mol. The van der Waals surface area contributed by atoms with Crippen molar-refractivity contribution in [2.75, 3.05) is 11.9 Å². The summed E-state index contributed by atoms with van der Waals surface area (Å²) in [5.74, 6) is -0.572. The van der Waals surface area contributed by atoms with E-state index in [-0.39, 0.29) is 11.6 Å². The fourth-order valence-electron chi connectivity index (χ4n) is 4.76. The average molecular weight is 490 g/mol. The first-order chi connectivity index (χ1) is 17.3. The number of hydrogen-bond acceptors (Lipinski definition) is 2. The van der Waals surface area contributed by atoms with Crippen LogP contribution in [0.25, 0.3) is 11.1 Å². The fourth-order valence-corrected chi connectivity index (χ4v) is 4.76. The molecule has 1 aliphatic rings. The van der Waals surface area contributed by atoms with Crippen LogP contribution < -0.4 is 5.32 Å². The topological polar surface area (TPSA) is 48.1 Å². The predicted octanol–water partition coefficient (Wildman–Crippen LogP) is 7.07. The van der Waals surface area contributed by atoms with Gasteiger partial charge in [0.2, 0.25) is 0 Å². The molecule has 5 rings (SSSR count). The molecule has 7 heteroatoms. The normalized spacial score (nSPS) is 14.8. The van der Waals surface area contributed by atoms with E-state index in [4.69, 9.17) is 0 Å². The summed E-state index contributed by atoms with van der Waals surface area (Å²) in [6.07, 6.45) is -1.80. The van der Waals surface area contributed by atoms with E-state index in [9.17, 15) is 18.0 Å². The molecule has 2 N–H and O–H groups in total. The molecule has 4 aromatic rings. The second kappa shape index (κ2) is 9.66. The third-order valence-electron chi connectivity index (χ3n) is 6.80. The van der Waals surface area contributed by atoms with Gasteiger partial charge >= 0.3 is 6.18 Å². The molecule has 0 bridgehead atoms. The second-order valence-electron chi connectivity index (χ2n) is 9.08. The second-order valence-corrected chi connectivity index (χ2v) is 9.08. The largest absolute Gasteiger partial charge is 0.416 e. The maximum Gasteiger partial charge on any atom is 0.416 e. The van der Waals surface area contributed by atoms with Gasteiger partial charge in [-0.05, 0) is 72.0 Å². The van der Waals surface area contributed by atoms with Gasteiger partial charge in [0.15, 0.2) is 0 Å². The van der Waals surface area contributed by atoms with E-state index >= 15 is 0 Å². The molecule has 1 atom stereocenters. The lowest BCUT2D eigenvalue weighted by Crippen LogP contribution is -2.33. The summed E-state index contributed by atoms with van der Waals surface area (Å²) in [5, 5.41) is 2.83. The van der Waals surface area contributed by atoms with E-state index in [0.29, 0.717) is 16.8 Å². The molecule has 2 heterocycles. The van der Waals surface area contributed by atoms with Crippen molar-refractivity contribution in [3.63, 3.8) is 0 Å². The van der Waals surface area contributed by atoms with Crippen LogP contribution >= 0.6 is 0 Å². The first kappa shape index (κ1) is 23.9. The van der Waals surface area contributed by atoms with Crippen molar-refractivity contribution in [1.82, 2.24) is 9.88 Å². The van der Waals surface area contributed by atoms with E-state index < -0.39 is 17.6 Å². The summed E-state index contributed by atoms with van der Waals surface area (Å²) in [6, 6.07) is 22.3. The van der Waals surface area contributed by atoms with E-state index in [0.717, 1.165) is 42.9 Å². The average Bonchev–Trinajstić information content (AvgIpc) is 3.43. The number of H-pyrrole nitrogens is 1. The molecular formula is C29H26F3N3O. The predicted molar refractivity (Wildman–Crippen MR) is 135 cm³/mol. The number of aromatic nitrogens is 1. The number of amides is 1. The Balaban J connectivity index is 1.39. The van der Waals surface area contributed by atoms with Crippen molar-refractivity contribution in [2.45, 2.75) is 32.1 Å². The van der Waals surface area contributed by atoms with Crippen molar-refractivity contribution in [3.05, 3.63) is 113 Å². The summed E-state index contributed by atoms with van der Waals surface area (Å²) in [7, 11) is 0. The molecule has 0 aliphatic carbocycles. The first-order valence-electron chi connectivity index (χ1n) is 11.9. The number of halogens is 3. The molecule has 0 spiro atoms. The highest BCUT2D eigenvalue weighted by atomic mass is 19.4. The van der Waals surface area contributed by atoms with Crippen LogP contribution in [0, 0.1) is 0 Å². The lowest BCUT2D eigenvalue weighted by atomic mass is 9.96. The van der Waals surface area contributed by atoms with E-state index in [1.807, 2.05) is 36.5 Å². The van der Waals surface area contributed by atoms with Gasteiger partial charge in [0.25, 0.3) is 5.91 Å².